The van der Waals surface area contributed by atoms with Crippen molar-refractivity contribution in [3.8, 4) is 11.5 Å². The van der Waals surface area contributed by atoms with Crippen molar-refractivity contribution in [1.82, 2.24) is 0 Å². The Kier molecular flexibility index (Phi) is 7.55. The number of rotatable bonds is 12. The summed E-state index contributed by atoms with van der Waals surface area (Å²) in [5, 5.41) is 0. The fraction of sp³-hybridized carbons (Fsp3) is 0.500. The van der Waals surface area contributed by atoms with E-state index in [-0.39, 0.29) is 17.6 Å². The summed E-state index contributed by atoms with van der Waals surface area (Å²) in [7, 11) is 0. The van der Waals surface area contributed by atoms with Crippen LogP contribution in [0.1, 0.15) is 68.2 Å². The van der Waals surface area contributed by atoms with Gasteiger partial charge in [-0.2, -0.15) is 0 Å². The predicted molar refractivity (Wildman–Crippen MR) is 144 cm³/mol. The maximum Gasteiger partial charge on any atom is 0.122 e. The van der Waals surface area contributed by atoms with E-state index in [1.165, 1.54) is 41.5 Å². The summed E-state index contributed by atoms with van der Waals surface area (Å²) < 4.78 is 23.4. The standard InChI is InChI=1S/C32H40O4/c1-5-10-24-18-26(12-14-28(24)33-20-30-22(3)35-30)32(16-8-7-9-17-32)27-13-15-29(25(19-27)11-6-2)34-21-31-23(4)36-31/h5-6,12-15,18-19,22-23,30-31H,1-2,7-11,16-17,20-21H2,3-4H3. The maximum absolute atomic E-state index is 6.18. The fourth-order valence-electron chi connectivity index (χ4n) is 5.72. The summed E-state index contributed by atoms with van der Waals surface area (Å²) in [5.41, 5.74) is 5.14. The van der Waals surface area contributed by atoms with E-state index in [2.05, 4.69) is 63.4 Å². The van der Waals surface area contributed by atoms with Gasteiger partial charge in [0.25, 0.3) is 0 Å². The molecule has 0 amide bonds. The molecule has 4 atom stereocenters. The van der Waals surface area contributed by atoms with Crippen LogP contribution in [-0.4, -0.2) is 37.6 Å². The first-order valence-electron chi connectivity index (χ1n) is 13.6. The van der Waals surface area contributed by atoms with E-state index in [4.69, 9.17) is 18.9 Å². The van der Waals surface area contributed by atoms with E-state index >= 15 is 0 Å². The second kappa shape index (κ2) is 10.8. The lowest BCUT2D eigenvalue weighted by Gasteiger charge is -2.39. The molecule has 0 spiro atoms. The minimum atomic E-state index is -0.0105. The van der Waals surface area contributed by atoms with E-state index in [9.17, 15) is 0 Å². The van der Waals surface area contributed by atoms with E-state index in [1.54, 1.807) is 0 Å². The second-order valence-electron chi connectivity index (χ2n) is 10.7. The lowest BCUT2D eigenvalue weighted by Crippen LogP contribution is -2.31. The first-order chi connectivity index (χ1) is 17.5. The highest BCUT2D eigenvalue weighted by atomic mass is 16.6. The van der Waals surface area contributed by atoms with Crippen LogP contribution in [0, 0.1) is 0 Å². The lowest BCUT2D eigenvalue weighted by molar-refractivity contribution is 0.258. The van der Waals surface area contributed by atoms with Gasteiger partial charge in [0, 0.05) is 5.41 Å². The van der Waals surface area contributed by atoms with Crippen molar-refractivity contribution in [3.63, 3.8) is 0 Å². The number of hydrogen-bond acceptors (Lipinski definition) is 4. The van der Waals surface area contributed by atoms with Gasteiger partial charge in [-0.05, 0) is 73.9 Å². The molecule has 3 fully saturated rings. The molecule has 2 aliphatic heterocycles. The number of epoxide rings is 2. The van der Waals surface area contributed by atoms with Crippen LogP contribution >= 0.6 is 0 Å². The molecule has 36 heavy (non-hydrogen) atoms. The van der Waals surface area contributed by atoms with Gasteiger partial charge in [-0.3, -0.25) is 0 Å². The molecule has 4 nitrogen and oxygen atoms in total. The summed E-state index contributed by atoms with van der Waals surface area (Å²) in [6.45, 7) is 13.4. The third-order valence-electron chi connectivity index (χ3n) is 8.14. The average molecular weight is 489 g/mol. The van der Waals surface area contributed by atoms with Gasteiger partial charge >= 0.3 is 0 Å². The quantitative estimate of drug-likeness (QED) is 0.246. The Hall–Kier alpha value is -2.56. The minimum absolute atomic E-state index is 0.0105. The highest BCUT2D eigenvalue weighted by molar-refractivity contribution is 5.49. The topological polar surface area (TPSA) is 43.5 Å². The monoisotopic (exact) mass is 488 g/mol. The van der Waals surface area contributed by atoms with Crippen molar-refractivity contribution < 1.29 is 18.9 Å². The van der Waals surface area contributed by atoms with Gasteiger partial charge in [0.2, 0.25) is 0 Å². The summed E-state index contributed by atoms with van der Waals surface area (Å²) >= 11 is 0. The molecule has 0 N–H and O–H groups in total. The smallest absolute Gasteiger partial charge is 0.122 e. The van der Waals surface area contributed by atoms with Crippen molar-refractivity contribution >= 4 is 0 Å². The first kappa shape index (κ1) is 25.1. The van der Waals surface area contributed by atoms with E-state index < -0.39 is 0 Å². The van der Waals surface area contributed by atoms with E-state index in [1.807, 2.05) is 12.2 Å². The molecule has 4 heteroatoms. The molecule has 1 saturated carbocycles. The number of allylic oxidation sites excluding steroid dienone is 2. The molecule has 2 aromatic carbocycles. The van der Waals surface area contributed by atoms with Gasteiger partial charge in [-0.25, -0.2) is 0 Å². The molecule has 4 unspecified atom stereocenters. The molecular weight excluding hydrogens is 448 g/mol. The molecule has 0 aromatic heterocycles. The van der Waals surface area contributed by atoms with Gasteiger partial charge in [-0.1, -0.05) is 55.7 Å². The zero-order valence-corrected chi connectivity index (χ0v) is 21.8. The third-order valence-corrected chi connectivity index (χ3v) is 8.14. The summed E-state index contributed by atoms with van der Waals surface area (Å²) in [4.78, 5) is 0. The van der Waals surface area contributed by atoms with Gasteiger partial charge in [0.15, 0.2) is 0 Å². The molecule has 2 saturated heterocycles. The van der Waals surface area contributed by atoms with Crippen LogP contribution in [0.2, 0.25) is 0 Å². The highest BCUT2D eigenvalue weighted by Gasteiger charge is 2.38. The normalized spacial score (nSPS) is 26.2. The van der Waals surface area contributed by atoms with Gasteiger partial charge in [0.1, 0.15) is 36.9 Å². The Labute approximate surface area is 216 Å². The van der Waals surface area contributed by atoms with Crippen LogP contribution in [0.4, 0.5) is 0 Å². The molecule has 0 bridgehead atoms. The largest absolute Gasteiger partial charge is 0.490 e. The summed E-state index contributed by atoms with van der Waals surface area (Å²) in [6.07, 6.45) is 12.6. The van der Waals surface area contributed by atoms with Crippen molar-refractivity contribution in [2.24, 2.45) is 0 Å². The zero-order valence-electron chi connectivity index (χ0n) is 21.8. The van der Waals surface area contributed by atoms with Crippen molar-refractivity contribution in [2.75, 3.05) is 13.2 Å². The summed E-state index contributed by atoms with van der Waals surface area (Å²) in [5.74, 6) is 1.89. The Morgan fingerprint density at radius 2 is 1.22 bits per heavy atom. The van der Waals surface area contributed by atoms with Crippen LogP contribution in [-0.2, 0) is 27.7 Å². The summed E-state index contributed by atoms with van der Waals surface area (Å²) in [6, 6.07) is 13.6. The minimum Gasteiger partial charge on any atom is -0.490 e. The molecular formula is C32H40O4. The van der Waals surface area contributed by atoms with Crippen LogP contribution in [0.15, 0.2) is 61.7 Å². The van der Waals surface area contributed by atoms with E-state index in [0.29, 0.717) is 25.4 Å². The number of hydrogen-bond donors (Lipinski definition) is 0. The molecule has 192 valence electrons. The molecule has 0 radical (unpaired) electrons. The van der Waals surface area contributed by atoms with Crippen molar-refractivity contribution in [1.29, 1.82) is 0 Å². The Morgan fingerprint density at radius 1 is 0.778 bits per heavy atom. The lowest BCUT2D eigenvalue weighted by atomic mass is 9.65. The molecule has 1 aliphatic carbocycles. The van der Waals surface area contributed by atoms with Crippen molar-refractivity contribution in [2.45, 2.75) is 88.6 Å². The average Bonchev–Trinajstić information content (AvgIpc) is 3.80. The Morgan fingerprint density at radius 3 is 1.61 bits per heavy atom. The van der Waals surface area contributed by atoms with E-state index in [0.717, 1.165) is 37.2 Å². The SMILES string of the molecule is C=CCc1cc(C2(c3ccc(OCC4OC4C)c(CC=C)c3)CCCCC2)ccc1OCC1OC1C. The van der Waals surface area contributed by atoms with Crippen LogP contribution in [0.5, 0.6) is 11.5 Å². The van der Waals surface area contributed by atoms with Crippen LogP contribution in [0.25, 0.3) is 0 Å². The zero-order chi connectivity index (χ0) is 25.1. The number of ether oxygens (including phenoxy) is 4. The van der Waals surface area contributed by atoms with Gasteiger partial charge in [0.05, 0.1) is 12.2 Å². The fourth-order valence-corrected chi connectivity index (χ4v) is 5.72. The first-order valence-corrected chi connectivity index (χ1v) is 13.6. The molecule has 2 heterocycles. The van der Waals surface area contributed by atoms with Crippen LogP contribution in [0.3, 0.4) is 0 Å². The van der Waals surface area contributed by atoms with Crippen molar-refractivity contribution in [3.05, 3.63) is 84.0 Å². The van der Waals surface area contributed by atoms with Crippen LogP contribution < -0.4 is 9.47 Å². The van der Waals surface area contributed by atoms with Gasteiger partial charge in [-0.15, -0.1) is 13.2 Å². The number of benzene rings is 2. The predicted octanol–water partition coefficient (Wildman–Crippen LogP) is 6.73. The Bertz CT molecular complexity index is 1000. The second-order valence-corrected chi connectivity index (χ2v) is 10.7. The van der Waals surface area contributed by atoms with Gasteiger partial charge < -0.3 is 18.9 Å². The highest BCUT2D eigenvalue weighted by Crippen LogP contribution is 2.47. The molecule has 2 aromatic rings. The Balaban J connectivity index is 1.46. The third kappa shape index (κ3) is 5.40. The maximum atomic E-state index is 6.18. The molecule has 5 rings (SSSR count). The molecule has 3 aliphatic rings.